The van der Waals surface area contributed by atoms with E-state index in [1.165, 1.54) is 6.92 Å². The Morgan fingerprint density at radius 2 is 2.18 bits per heavy atom. The molecule has 0 bridgehead atoms. The fourth-order valence-corrected chi connectivity index (χ4v) is 1.87. The van der Waals surface area contributed by atoms with Gasteiger partial charge in [0.2, 0.25) is 0 Å². The number of hydrogen-bond acceptors (Lipinski definition) is 2. The van der Waals surface area contributed by atoms with Crippen LogP contribution in [-0.4, -0.2) is 17.4 Å². The van der Waals surface area contributed by atoms with E-state index < -0.39 is 0 Å². The third-order valence-electron chi connectivity index (χ3n) is 2.70. The van der Waals surface area contributed by atoms with Gasteiger partial charge in [-0.3, -0.25) is 15.7 Å². The lowest BCUT2D eigenvalue weighted by atomic mass is 9.81. The van der Waals surface area contributed by atoms with Gasteiger partial charge in [0, 0.05) is 17.5 Å². The van der Waals surface area contributed by atoms with Gasteiger partial charge < -0.3 is 5.41 Å². The zero-order valence-corrected chi connectivity index (χ0v) is 10.7. The topological polar surface area (TPSA) is 51.7 Å². The van der Waals surface area contributed by atoms with Gasteiger partial charge in [0.1, 0.15) is 0 Å². The molecule has 0 spiro atoms. The molecular weight excluding hydrogens is 212 g/mol. The zero-order chi connectivity index (χ0) is 13.1. The molecule has 1 aliphatic rings. The van der Waals surface area contributed by atoms with Crippen LogP contribution in [0.25, 0.3) is 5.41 Å². The minimum Gasteiger partial charge on any atom is -0.763 e. The molecule has 0 radical (unpaired) electrons. The first kappa shape index (κ1) is 13.3. The average Bonchev–Trinajstić information content (AvgIpc) is 2.52. The average molecular weight is 229 g/mol. The minimum atomic E-state index is -0.246. The lowest BCUT2D eigenvalue weighted by molar-refractivity contribution is -0.113. The van der Waals surface area contributed by atoms with Gasteiger partial charge in [-0.1, -0.05) is 26.0 Å². The summed E-state index contributed by atoms with van der Waals surface area (Å²) in [5.41, 5.74) is 1.46. The highest BCUT2D eigenvalue weighted by molar-refractivity contribution is 6.29. The third-order valence-corrected chi connectivity index (χ3v) is 2.70. The highest BCUT2D eigenvalue weighted by Gasteiger charge is 2.34. The Morgan fingerprint density at radius 1 is 1.53 bits per heavy atom. The Hall–Kier alpha value is -1.73. The predicted molar refractivity (Wildman–Crippen MR) is 71.3 cm³/mol. The highest BCUT2D eigenvalue weighted by atomic mass is 16.1. The normalized spacial score (nSPS) is 20.5. The highest BCUT2D eigenvalue weighted by Crippen LogP contribution is 2.37. The maximum Gasteiger partial charge on any atom is 0.167 e. The molecule has 90 valence electrons. The first-order valence-electron chi connectivity index (χ1n) is 5.61. The molecule has 0 aromatic carbocycles. The lowest BCUT2D eigenvalue weighted by Crippen LogP contribution is -2.24. The van der Waals surface area contributed by atoms with Crippen molar-refractivity contribution in [3.05, 3.63) is 34.9 Å². The summed E-state index contributed by atoms with van der Waals surface area (Å²) in [5, 5.41) is 9.03. The van der Waals surface area contributed by atoms with Gasteiger partial charge in [0.05, 0.1) is 11.3 Å². The van der Waals surface area contributed by atoms with Crippen LogP contribution in [0.1, 0.15) is 34.1 Å². The van der Waals surface area contributed by atoms with Crippen molar-refractivity contribution in [3.63, 3.8) is 0 Å². The molecule has 0 unspecified atom stereocenters. The fraction of sp³-hybridized carbons (Fsp3) is 0.429. The maximum absolute atomic E-state index is 11.4. The molecule has 0 aliphatic carbocycles. The summed E-state index contributed by atoms with van der Waals surface area (Å²) in [6.45, 7) is 7.35. The number of nitrogens with zero attached hydrogens (tertiary/aromatic N) is 2. The number of carbonyl (C=O) groups excluding carboxylic acids is 1. The summed E-state index contributed by atoms with van der Waals surface area (Å²) >= 11 is 0. The quantitative estimate of drug-likeness (QED) is 0.542. The van der Waals surface area contributed by atoms with Gasteiger partial charge in [-0.05, 0) is 19.9 Å². The van der Waals surface area contributed by atoms with Crippen molar-refractivity contribution < 1.29 is 4.79 Å². The monoisotopic (exact) mass is 229 g/mol. The first-order valence-corrected chi connectivity index (χ1v) is 5.61. The van der Waals surface area contributed by atoms with Crippen LogP contribution in [0, 0.1) is 5.41 Å². The van der Waals surface area contributed by atoms with Gasteiger partial charge in [-0.2, -0.15) is 0 Å². The Labute approximate surface area is 102 Å². The summed E-state index contributed by atoms with van der Waals surface area (Å²) in [7, 11) is 0. The number of rotatable bonds is 3. The van der Waals surface area contributed by atoms with Crippen molar-refractivity contribution in [1.82, 2.24) is 0 Å². The van der Waals surface area contributed by atoms with E-state index in [4.69, 9.17) is 5.41 Å². The third kappa shape index (κ3) is 2.89. The van der Waals surface area contributed by atoms with Crippen molar-refractivity contribution in [3.8, 4) is 0 Å². The van der Waals surface area contributed by atoms with E-state index in [0.29, 0.717) is 5.71 Å². The molecule has 3 nitrogen and oxygen atoms in total. The van der Waals surface area contributed by atoms with Crippen LogP contribution in [0.5, 0.6) is 0 Å². The molecule has 0 saturated heterocycles. The van der Waals surface area contributed by atoms with E-state index in [1.807, 2.05) is 44.9 Å². The number of Topliss-reactive ketones (excluding diaryl/α,β-unsaturated/α-hetero) is 1. The van der Waals surface area contributed by atoms with Crippen LogP contribution in [0.4, 0.5) is 0 Å². The molecule has 3 heteroatoms. The Balaban J connectivity index is 3.21. The summed E-state index contributed by atoms with van der Waals surface area (Å²) in [6, 6.07) is 0. The van der Waals surface area contributed by atoms with E-state index in [1.54, 1.807) is 0 Å². The number of aliphatic imine (C=N–C) groups is 1. The molecule has 17 heavy (non-hydrogen) atoms. The molecule has 0 fully saturated rings. The van der Waals surface area contributed by atoms with E-state index >= 15 is 0 Å². The molecule has 0 saturated carbocycles. The molecule has 0 amide bonds. The number of allylic oxidation sites excluding steroid dienone is 5. The predicted octanol–water partition coefficient (Wildman–Crippen LogP) is 3.07. The smallest absolute Gasteiger partial charge is 0.167 e. The SMILES string of the molecule is C/C=C\C=C1/CC(C)(C)C(C(=C=[N-])C(C)=O)=N1. The van der Waals surface area contributed by atoms with Gasteiger partial charge in [0.15, 0.2) is 5.78 Å². The summed E-state index contributed by atoms with van der Waals surface area (Å²) in [4.78, 5) is 15.8. The summed E-state index contributed by atoms with van der Waals surface area (Å²) < 4.78 is 0. The van der Waals surface area contributed by atoms with Gasteiger partial charge in [-0.25, -0.2) is 0 Å². The Kier molecular flexibility index (Phi) is 3.97. The van der Waals surface area contributed by atoms with Gasteiger partial charge in [0.25, 0.3) is 0 Å². The molecule has 0 aromatic heterocycles. The molecular formula is C14H17N2O-. The Morgan fingerprint density at radius 3 is 2.65 bits per heavy atom. The minimum absolute atomic E-state index is 0.180. The second-order valence-corrected chi connectivity index (χ2v) is 4.75. The van der Waals surface area contributed by atoms with E-state index in [9.17, 15) is 4.79 Å². The molecule has 1 rings (SSSR count). The van der Waals surface area contributed by atoms with Crippen molar-refractivity contribution in [1.29, 1.82) is 0 Å². The van der Waals surface area contributed by atoms with Crippen LogP contribution in [0.15, 0.2) is 34.5 Å². The van der Waals surface area contributed by atoms with Gasteiger partial charge >= 0.3 is 0 Å². The number of hydrogen-bond donors (Lipinski definition) is 0. The molecule has 0 aromatic rings. The largest absolute Gasteiger partial charge is 0.763 e. The van der Waals surface area contributed by atoms with Crippen molar-refractivity contribution in [2.24, 2.45) is 10.4 Å². The standard InChI is InChI=1S/C14H17N2O/c1-5-6-7-11-8-14(3,4)13(16-11)12(9-15)10(2)17/h5-7H,8H2,1-4H3/q-1/b6-5-,11-7+. The second kappa shape index (κ2) is 5.07. The summed E-state index contributed by atoms with van der Waals surface area (Å²) in [6.07, 6.45) is 6.51. The molecule has 1 aliphatic heterocycles. The molecule has 0 atom stereocenters. The first-order chi connectivity index (χ1) is 7.92. The van der Waals surface area contributed by atoms with Crippen molar-refractivity contribution in [2.75, 3.05) is 0 Å². The second-order valence-electron chi connectivity index (χ2n) is 4.75. The van der Waals surface area contributed by atoms with Crippen LogP contribution < -0.4 is 0 Å². The lowest BCUT2D eigenvalue weighted by Gasteiger charge is -2.20. The van der Waals surface area contributed by atoms with Crippen molar-refractivity contribution >= 4 is 17.4 Å². The van der Waals surface area contributed by atoms with Crippen LogP contribution in [0.3, 0.4) is 0 Å². The van der Waals surface area contributed by atoms with Crippen LogP contribution in [-0.2, 0) is 4.79 Å². The summed E-state index contributed by atoms with van der Waals surface area (Å²) in [5.74, 6) is 1.75. The van der Waals surface area contributed by atoms with Crippen LogP contribution in [0.2, 0.25) is 0 Å². The van der Waals surface area contributed by atoms with Crippen LogP contribution >= 0.6 is 0 Å². The fourth-order valence-electron chi connectivity index (χ4n) is 1.87. The van der Waals surface area contributed by atoms with E-state index in [0.717, 1.165) is 12.1 Å². The molecule has 1 heterocycles. The number of ketones is 1. The van der Waals surface area contributed by atoms with E-state index in [-0.39, 0.29) is 16.8 Å². The van der Waals surface area contributed by atoms with Gasteiger partial charge in [-0.15, -0.1) is 0 Å². The Bertz CT molecular complexity index is 472. The molecule has 0 N–H and O–H groups in total. The van der Waals surface area contributed by atoms with E-state index in [2.05, 4.69) is 4.99 Å². The maximum atomic E-state index is 11.4. The number of carbonyl (C=O) groups is 1. The zero-order valence-electron chi connectivity index (χ0n) is 10.7. The van der Waals surface area contributed by atoms with Crippen molar-refractivity contribution in [2.45, 2.75) is 34.1 Å².